The van der Waals surface area contributed by atoms with Crippen LogP contribution in [0.2, 0.25) is 0 Å². The van der Waals surface area contributed by atoms with Crippen molar-refractivity contribution in [2.24, 2.45) is 5.73 Å². The van der Waals surface area contributed by atoms with Gasteiger partial charge in [-0.1, -0.05) is 60.7 Å². The van der Waals surface area contributed by atoms with Crippen molar-refractivity contribution in [1.29, 1.82) is 0 Å². The number of nitrogens with two attached hydrogens (primary N) is 1. The summed E-state index contributed by atoms with van der Waals surface area (Å²) in [6.45, 7) is 1.11. The van der Waals surface area contributed by atoms with E-state index in [1.54, 1.807) is 0 Å². The monoisotopic (exact) mass is 284 g/mol. The predicted molar refractivity (Wildman–Crippen MR) is 83.1 cm³/mol. The summed E-state index contributed by atoms with van der Waals surface area (Å²) in [6.07, 6.45) is -0.433. The van der Waals surface area contributed by atoms with E-state index >= 15 is 0 Å². The van der Waals surface area contributed by atoms with Crippen LogP contribution in [0.25, 0.3) is 0 Å². The van der Waals surface area contributed by atoms with E-state index < -0.39 is 6.09 Å². The average Bonchev–Trinajstić information content (AvgIpc) is 2.55. The van der Waals surface area contributed by atoms with Crippen molar-refractivity contribution in [2.45, 2.75) is 5.92 Å². The highest BCUT2D eigenvalue weighted by Crippen LogP contribution is 2.24. The summed E-state index contributed by atoms with van der Waals surface area (Å²) in [5.41, 5.74) is 7.59. The van der Waals surface area contributed by atoms with Crippen LogP contribution < -0.4 is 11.1 Å². The molecular weight excluding hydrogens is 264 g/mol. The van der Waals surface area contributed by atoms with Gasteiger partial charge in [-0.25, -0.2) is 4.79 Å². The Balaban J connectivity index is 2.09. The lowest BCUT2D eigenvalue weighted by Crippen LogP contribution is -2.30. The van der Waals surface area contributed by atoms with E-state index in [0.29, 0.717) is 19.7 Å². The van der Waals surface area contributed by atoms with Gasteiger partial charge in [0.25, 0.3) is 0 Å². The van der Waals surface area contributed by atoms with Crippen LogP contribution in [0.1, 0.15) is 17.0 Å². The number of hydrogen-bond donors (Lipinski definition) is 2. The van der Waals surface area contributed by atoms with Gasteiger partial charge in [-0.2, -0.15) is 0 Å². The van der Waals surface area contributed by atoms with Crippen molar-refractivity contribution in [3.05, 3.63) is 71.8 Å². The Labute approximate surface area is 124 Å². The second kappa shape index (κ2) is 8.07. The maximum absolute atomic E-state index is 11.6. The van der Waals surface area contributed by atoms with Crippen LogP contribution >= 0.6 is 0 Å². The Morgan fingerprint density at radius 3 is 2.00 bits per heavy atom. The number of carbonyl (C=O) groups is 1. The molecule has 0 aliphatic heterocycles. The molecule has 0 fully saturated rings. The van der Waals surface area contributed by atoms with Gasteiger partial charge < -0.3 is 15.8 Å². The Bertz CT molecular complexity index is 504. The van der Waals surface area contributed by atoms with Crippen molar-refractivity contribution in [3.63, 3.8) is 0 Å². The first-order valence-electron chi connectivity index (χ1n) is 7.02. The molecule has 2 rings (SSSR count). The summed E-state index contributed by atoms with van der Waals surface area (Å²) in [5.74, 6) is 0.0241. The number of alkyl carbamates (subject to hydrolysis) is 1. The lowest BCUT2D eigenvalue weighted by molar-refractivity contribution is 0.143. The summed E-state index contributed by atoms with van der Waals surface area (Å²) in [7, 11) is 0. The average molecular weight is 284 g/mol. The lowest BCUT2D eigenvalue weighted by Gasteiger charge is -2.18. The molecular formula is C17H20N2O2. The fourth-order valence-corrected chi connectivity index (χ4v) is 2.14. The summed E-state index contributed by atoms with van der Waals surface area (Å²) in [6, 6.07) is 20.1. The van der Waals surface area contributed by atoms with Crippen LogP contribution in [0.5, 0.6) is 0 Å². The molecule has 2 aromatic carbocycles. The van der Waals surface area contributed by atoms with Crippen molar-refractivity contribution in [2.75, 3.05) is 19.7 Å². The first-order valence-corrected chi connectivity index (χ1v) is 7.02. The van der Waals surface area contributed by atoms with Gasteiger partial charge in [0.05, 0.1) is 0 Å². The third-order valence-electron chi connectivity index (χ3n) is 3.20. The molecule has 0 radical (unpaired) electrons. The van der Waals surface area contributed by atoms with E-state index in [-0.39, 0.29) is 5.92 Å². The molecule has 0 aliphatic carbocycles. The third kappa shape index (κ3) is 4.61. The second-order valence-corrected chi connectivity index (χ2v) is 4.69. The van der Waals surface area contributed by atoms with E-state index in [1.165, 1.54) is 0 Å². The first-order chi connectivity index (χ1) is 10.3. The molecule has 0 atom stereocenters. The number of ether oxygens (including phenoxy) is 1. The highest BCUT2D eigenvalue weighted by molar-refractivity contribution is 5.67. The summed E-state index contributed by atoms with van der Waals surface area (Å²) in [5, 5.41) is 2.60. The molecule has 0 saturated carbocycles. The molecule has 4 heteroatoms. The minimum atomic E-state index is -0.433. The lowest BCUT2D eigenvalue weighted by atomic mass is 9.92. The molecule has 0 aliphatic rings. The maximum atomic E-state index is 11.6. The summed E-state index contributed by atoms with van der Waals surface area (Å²) in [4.78, 5) is 11.6. The molecule has 0 saturated heterocycles. The topological polar surface area (TPSA) is 64.3 Å². The van der Waals surface area contributed by atoms with Crippen LogP contribution in [-0.2, 0) is 4.74 Å². The van der Waals surface area contributed by atoms with Crippen LogP contribution in [-0.4, -0.2) is 25.8 Å². The van der Waals surface area contributed by atoms with Gasteiger partial charge in [0.1, 0.15) is 6.61 Å². The number of rotatable bonds is 6. The van der Waals surface area contributed by atoms with Gasteiger partial charge in [0, 0.05) is 19.0 Å². The molecule has 0 heterocycles. The molecule has 4 nitrogen and oxygen atoms in total. The zero-order valence-corrected chi connectivity index (χ0v) is 11.9. The minimum Gasteiger partial charge on any atom is -0.449 e. The molecule has 21 heavy (non-hydrogen) atoms. The smallest absolute Gasteiger partial charge is 0.407 e. The van der Waals surface area contributed by atoms with Gasteiger partial charge in [0.15, 0.2) is 0 Å². The van der Waals surface area contributed by atoms with Crippen LogP contribution in [0, 0.1) is 0 Å². The molecule has 0 unspecified atom stereocenters. The highest BCUT2D eigenvalue weighted by atomic mass is 16.5. The fourth-order valence-electron chi connectivity index (χ4n) is 2.14. The molecule has 0 aromatic heterocycles. The number of amides is 1. The third-order valence-corrected chi connectivity index (χ3v) is 3.20. The standard InChI is InChI=1S/C17H20N2O2/c18-11-12-19-17(20)21-13-16(14-7-3-1-4-8-14)15-9-5-2-6-10-15/h1-10,16H,11-13,18H2,(H,19,20). The Morgan fingerprint density at radius 1 is 1.00 bits per heavy atom. The first kappa shape index (κ1) is 15.1. The van der Waals surface area contributed by atoms with Crippen LogP contribution in [0.3, 0.4) is 0 Å². The van der Waals surface area contributed by atoms with E-state index in [2.05, 4.69) is 5.32 Å². The summed E-state index contributed by atoms with van der Waals surface area (Å²) < 4.78 is 5.31. The van der Waals surface area contributed by atoms with E-state index in [4.69, 9.17) is 10.5 Å². The van der Waals surface area contributed by atoms with Crippen molar-refractivity contribution >= 4 is 6.09 Å². The number of nitrogens with one attached hydrogen (secondary N) is 1. The second-order valence-electron chi connectivity index (χ2n) is 4.69. The largest absolute Gasteiger partial charge is 0.449 e. The van der Waals surface area contributed by atoms with Crippen LogP contribution in [0.4, 0.5) is 4.79 Å². The predicted octanol–water partition coefficient (Wildman–Crippen LogP) is 2.50. The molecule has 0 bridgehead atoms. The number of carbonyl (C=O) groups excluding carboxylic acids is 1. The quantitative estimate of drug-likeness (QED) is 0.856. The molecule has 110 valence electrons. The van der Waals surface area contributed by atoms with E-state index in [1.807, 2.05) is 60.7 Å². The molecule has 1 amide bonds. The fraction of sp³-hybridized carbons (Fsp3) is 0.235. The highest BCUT2D eigenvalue weighted by Gasteiger charge is 2.16. The molecule has 3 N–H and O–H groups in total. The zero-order chi connectivity index (χ0) is 14.9. The van der Waals surface area contributed by atoms with E-state index in [0.717, 1.165) is 11.1 Å². The Morgan fingerprint density at radius 2 is 1.52 bits per heavy atom. The SMILES string of the molecule is NCCNC(=O)OCC(c1ccccc1)c1ccccc1. The van der Waals surface area contributed by atoms with Crippen molar-refractivity contribution in [3.8, 4) is 0 Å². The van der Waals surface area contributed by atoms with Gasteiger partial charge >= 0.3 is 6.09 Å². The number of hydrogen-bond acceptors (Lipinski definition) is 3. The van der Waals surface area contributed by atoms with Gasteiger partial charge in [-0.15, -0.1) is 0 Å². The van der Waals surface area contributed by atoms with Gasteiger partial charge in [-0.3, -0.25) is 0 Å². The van der Waals surface area contributed by atoms with Crippen LogP contribution in [0.15, 0.2) is 60.7 Å². The van der Waals surface area contributed by atoms with Gasteiger partial charge in [-0.05, 0) is 11.1 Å². The number of benzene rings is 2. The van der Waals surface area contributed by atoms with E-state index in [9.17, 15) is 4.79 Å². The van der Waals surface area contributed by atoms with Crippen molar-refractivity contribution in [1.82, 2.24) is 5.32 Å². The zero-order valence-electron chi connectivity index (χ0n) is 11.9. The molecule has 2 aromatic rings. The minimum absolute atomic E-state index is 0.0241. The van der Waals surface area contributed by atoms with Gasteiger partial charge in [0.2, 0.25) is 0 Å². The normalized spacial score (nSPS) is 10.4. The maximum Gasteiger partial charge on any atom is 0.407 e. The van der Waals surface area contributed by atoms with Crippen molar-refractivity contribution < 1.29 is 9.53 Å². The Kier molecular flexibility index (Phi) is 5.79. The summed E-state index contributed by atoms with van der Waals surface area (Å²) >= 11 is 0. The Hall–Kier alpha value is -2.33. The molecule has 0 spiro atoms.